The fourth-order valence-corrected chi connectivity index (χ4v) is 3.88. The van der Waals surface area contributed by atoms with Gasteiger partial charge in [-0.1, -0.05) is 29.8 Å². The Labute approximate surface area is 106 Å². The molecule has 1 saturated carbocycles. The SMILES string of the molecule is CCC1(CC)C(Br)CC1Oc1cccnc1. The first kappa shape index (κ1) is 11.9. The summed E-state index contributed by atoms with van der Waals surface area (Å²) in [6.45, 7) is 4.49. The van der Waals surface area contributed by atoms with Crippen LogP contribution in [0.25, 0.3) is 0 Å². The van der Waals surface area contributed by atoms with Gasteiger partial charge in [-0.05, 0) is 31.4 Å². The highest BCUT2D eigenvalue weighted by Crippen LogP contribution is 2.52. The number of rotatable bonds is 4. The molecule has 0 amide bonds. The van der Waals surface area contributed by atoms with Gasteiger partial charge in [-0.3, -0.25) is 4.98 Å². The van der Waals surface area contributed by atoms with Crippen molar-refractivity contribution in [2.75, 3.05) is 0 Å². The molecule has 2 rings (SSSR count). The second kappa shape index (κ2) is 4.74. The Morgan fingerprint density at radius 3 is 2.75 bits per heavy atom. The number of hydrogen-bond acceptors (Lipinski definition) is 2. The lowest BCUT2D eigenvalue weighted by molar-refractivity contribution is -0.0412. The first-order chi connectivity index (χ1) is 7.73. The molecule has 0 N–H and O–H groups in total. The standard InChI is InChI=1S/C13H18BrNO/c1-3-13(4-2)11(14)8-12(13)16-10-6-5-7-15-9-10/h5-7,9,11-12H,3-4,8H2,1-2H3. The molecular weight excluding hydrogens is 266 g/mol. The molecule has 0 bridgehead atoms. The van der Waals surface area contributed by atoms with Gasteiger partial charge in [-0.15, -0.1) is 0 Å². The fourth-order valence-electron chi connectivity index (χ4n) is 2.59. The van der Waals surface area contributed by atoms with Crippen molar-refractivity contribution in [1.29, 1.82) is 0 Å². The molecule has 0 spiro atoms. The molecule has 1 aromatic heterocycles. The predicted molar refractivity (Wildman–Crippen MR) is 69.0 cm³/mol. The molecule has 2 nitrogen and oxygen atoms in total. The minimum absolute atomic E-state index is 0.301. The number of aromatic nitrogens is 1. The van der Waals surface area contributed by atoms with Crippen molar-refractivity contribution in [3.05, 3.63) is 24.5 Å². The molecule has 0 aliphatic heterocycles. The summed E-state index contributed by atoms with van der Waals surface area (Å²) in [5, 5.41) is 0. The van der Waals surface area contributed by atoms with Gasteiger partial charge in [0.25, 0.3) is 0 Å². The number of ether oxygens (including phenoxy) is 1. The monoisotopic (exact) mass is 283 g/mol. The summed E-state index contributed by atoms with van der Waals surface area (Å²) < 4.78 is 6.03. The molecule has 1 aliphatic carbocycles. The van der Waals surface area contributed by atoms with Gasteiger partial charge in [0.2, 0.25) is 0 Å². The van der Waals surface area contributed by atoms with Gasteiger partial charge in [0.15, 0.2) is 0 Å². The molecule has 1 aromatic rings. The Kier molecular flexibility index (Phi) is 3.53. The minimum Gasteiger partial charge on any atom is -0.488 e. The third-order valence-corrected chi connectivity index (χ3v) is 5.20. The van der Waals surface area contributed by atoms with Crippen LogP contribution < -0.4 is 4.74 Å². The summed E-state index contributed by atoms with van der Waals surface area (Å²) in [6.07, 6.45) is 7.30. The van der Waals surface area contributed by atoms with E-state index >= 15 is 0 Å². The highest BCUT2D eigenvalue weighted by atomic mass is 79.9. The van der Waals surface area contributed by atoms with Crippen molar-refractivity contribution >= 4 is 15.9 Å². The Morgan fingerprint density at radius 2 is 2.25 bits per heavy atom. The Balaban J connectivity index is 2.07. The summed E-state index contributed by atoms with van der Waals surface area (Å²) in [4.78, 5) is 4.67. The molecule has 88 valence electrons. The van der Waals surface area contributed by atoms with Gasteiger partial charge in [0, 0.05) is 16.4 Å². The van der Waals surface area contributed by atoms with E-state index in [1.807, 2.05) is 12.1 Å². The van der Waals surface area contributed by atoms with Crippen LogP contribution in [0.1, 0.15) is 33.1 Å². The summed E-state index contributed by atoms with van der Waals surface area (Å²) in [6, 6.07) is 3.89. The van der Waals surface area contributed by atoms with Crippen molar-refractivity contribution < 1.29 is 4.74 Å². The van der Waals surface area contributed by atoms with Crippen LogP contribution in [0, 0.1) is 5.41 Å². The molecule has 0 aromatic carbocycles. The summed E-state index contributed by atoms with van der Waals surface area (Å²) in [5.41, 5.74) is 0.301. The number of alkyl halides is 1. The van der Waals surface area contributed by atoms with Crippen LogP contribution in [-0.4, -0.2) is 15.9 Å². The van der Waals surface area contributed by atoms with E-state index in [9.17, 15) is 0 Å². The smallest absolute Gasteiger partial charge is 0.138 e. The Bertz CT molecular complexity index is 337. The molecule has 3 heteroatoms. The van der Waals surface area contributed by atoms with Gasteiger partial charge in [-0.25, -0.2) is 0 Å². The van der Waals surface area contributed by atoms with Crippen LogP contribution in [0.2, 0.25) is 0 Å². The summed E-state index contributed by atoms with van der Waals surface area (Å²) >= 11 is 3.76. The van der Waals surface area contributed by atoms with Crippen LogP contribution in [-0.2, 0) is 0 Å². The van der Waals surface area contributed by atoms with Crippen LogP contribution in [0.3, 0.4) is 0 Å². The predicted octanol–water partition coefficient (Wildman–Crippen LogP) is 3.80. The summed E-state index contributed by atoms with van der Waals surface area (Å²) in [5.74, 6) is 0.887. The molecule has 16 heavy (non-hydrogen) atoms. The first-order valence-electron chi connectivity index (χ1n) is 5.93. The van der Waals surface area contributed by atoms with E-state index in [1.54, 1.807) is 12.4 Å². The van der Waals surface area contributed by atoms with Crippen LogP contribution in [0.15, 0.2) is 24.5 Å². The Hall–Kier alpha value is -0.570. The first-order valence-corrected chi connectivity index (χ1v) is 6.85. The molecule has 2 unspecified atom stereocenters. The molecule has 1 heterocycles. The molecule has 1 fully saturated rings. The van der Waals surface area contributed by atoms with Gasteiger partial charge in [0.05, 0.1) is 6.20 Å². The van der Waals surface area contributed by atoms with Gasteiger partial charge in [-0.2, -0.15) is 0 Å². The van der Waals surface area contributed by atoms with Gasteiger partial charge < -0.3 is 4.74 Å². The van der Waals surface area contributed by atoms with E-state index in [-0.39, 0.29) is 0 Å². The maximum atomic E-state index is 6.03. The van der Waals surface area contributed by atoms with E-state index < -0.39 is 0 Å². The maximum Gasteiger partial charge on any atom is 0.138 e. The highest BCUT2D eigenvalue weighted by molar-refractivity contribution is 9.09. The molecule has 2 atom stereocenters. The largest absolute Gasteiger partial charge is 0.488 e. The second-order valence-electron chi connectivity index (χ2n) is 4.44. The molecule has 1 aliphatic rings. The number of halogens is 1. The van der Waals surface area contributed by atoms with Crippen molar-refractivity contribution in [2.45, 2.75) is 44.0 Å². The zero-order valence-corrected chi connectivity index (χ0v) is 11.4. The fraction of sp³-hybridized carbons (Fsp3) is 0.615. The topological polar surface area (TPSA) is 22.1 Å². The molecular formula is C13H18BrNO. The molecule has 0 saturated heterocycles. The van der Waals surface area contributed by atoms with Gasteiger partial charge >= 0.3 is 0 Å². The normalized spacial score (nSPS) is 27.2. The highest BCUT2D eigenvalue weighted by Gasteiger charge is 2.53. The Morgan fingerprint density at radius 1 is 1.50 bits per heavy atom. The number of nitrogens with zero attached hydrogens (tertiary/aromatic N) is 1. The van der Waals surface area contributed by atoms with E-state index in [1.165, 1.54) is 0 Å². The van der Waals surface area contributed by atoms with Crippen LogP contribution in [0.5, 0.6) is 5.75 Å². The van der Waals surface area contributed by atoms with Crippen molar-refractivity contribution in [3.8, 4) is 5.75 Å². The van der Waals surface area contributed by atoms with E-state index in [0.29, 0.717) is 16.3 Å². The zero-order chi connectivity index (χ0) is 11.6. The second-order valence-corrected chi connectivity index (χ2v) is 5.54. The third kappa shape index (κ3) is 1.86. The van der Waals surface area contributed by atoms with E-state index in [2.05, 4.69) is 34.8 Å². The van der Waals surface area contributed by atoms with E-state index in [4.69, 9.17) is 4.74 Å². The number of hydrogen-bond donors (Lipinski definition) is 0. The average molecular weight is 284 g/mol. The maximum absolute atomic E-state index is 6.03. The van der Waals surface area contributed by atoms with Crippen molar-refractivity contribution in [3.63, 3.8) is 0 Å². The lowest BCUT2D eigenvalue weighted by Crippen LogP contribution is -2.56. The third-order valence-electron chi connectivity index (χ3n) is 3.92. The quantitative estimate of drug-likeness (QED) is 0.784. The average Bonchev–Trinajstić information content (AvgIpc) is 2.32. The summed E-state index contributed by atoms with van der Waals surface area (Å²) in [7, 11) is 0. The zero-order valence-electron chi connectivity index (χ0n) is 9.82. The minimum atomic E-state index is 0.301. The number of pyridine rings is 1. The van der Waals surface area contributed by atoms with Gasteiger partial charge in [0.1, 0.15) is 11.9 Å². The van der Waals surface area contributed by atoms with Crippen LogP contribution in [0.4, 0.5) is 0 Å². The lowest BCUT2D eigenvalue weighted by atomic mass is 9.62. The van der Waals surface area contributed by atoms with E-state index in [0.717, 1.165) is 25.0 Å². The van der Waals surface area contributed by atoms with Crippen molar-refractivity contribution in [1.82, 2.24) is 4.98 Å². The van der Waals surface area contributed by atoms with Crippen LogP contribution >= 0.6 is 15.9 Å². The molecule has 0 radical (unpaired) electrons. The van der Waals surface area contributed by atoms with Crippen molar-refractivity contribution in [2.24, 2.45) is 5.41 Å². The lowest BCUT2D eigenvalue weighted by Gasteiger charge is -2.52.